The minimum Gasteiger partial charge on any atom is -0.462 e. The minimum atomic E-state index is -2.06. The van der Waals surface area contributed by atoms with Crippen LogP contribution in [-0.4, -0.2) is 64.1 Å². The summed E-state index contributed by atoms with van der Waals surface area (Å²) in [6, 6.07) is 0. The molecule has 220 valence electrons. The average molecular weight is 557 g/mol. The van der Waals surface area contributed by atoms with Crippen molar-refractivity contribution >= 4 is 11.9 Å². The first kappa shape index (κ1) is 29.2. The Bertz CT molecular complexity index is 1140. The molecule has 3 saturated heterocycles. The molecule has 4 aliphatic heterocycles. The van der Waals surface area contributed by atoms with Crippen molar-refractivity contribution in [3.8, 4) is 0 Å². The van der Waals surface area contributed by atoms with Crippen LogP contribution in [-0.2, 0) is 28.5 Å². The molecule has 4 heterocycles. The Morgan fingerprint density at radius 2 is 1.88 bits per heavy atom. The summed E-state index contributed by atoms with van der Waals surface area (Å²) in [6.07, 6.45) is 10.7. The molecule has 1 spiro atoms. The summed E-state index contributed by atoms with van der Waals surface area (Å²) >= 11 is 0. The van der Waals surface area contributed by atoms with E-state index >= 15 is 0 Å². The maximum atomic E-state index is 13.9. The highest BCUT2D eigenvalue weighted by Crippen LogP contribution is 2.47. The second-order valence-electron chi connectivity index (χ2n) is 12.6. The Kier molecular flexibility index (Phi) is 8.18. The Morgan fingerprint density at radius 1 is 1.10 bits per heavy atom. The normalized spacial score (nSPS) is 46.3. The van der Waals surface area contributed by atoms with Gasteiger partial charge in [-0.2, -0.15) is 0 Å². The van der Waals surface area contributed by atoms with Crippen LogP contribution in [0.25, 0.3) is 0 Å². The van der Waals surface area contributed by atoms with Crippen LogP contribution in [0.5, 0.6) is 0 Å². The fourth-order valence-electron chi connectivity index (χ4n) is 7.15. The van der Waals surface area contributed by atoms with Crippen LogP contribution in [0.15, 0.2) is 47.1 Å². The SMILES string of the molecule is CC[C@H]1O[C@]2(CC[C@@H]1C)C[C@@H]1C[C@@H](C/C=C(/C)C[C@@H](C)/C=C\C=C3C(=O)O[C@@H]4[C@H](O)C(C)=C[C@@H](C(=O)O1)[C@]34O)O2. The van der Waals surface area contributed by atoms with Gasteiger partial charge in [0.15, 0.2) is 17.5 Å². The van der Waals surface area contributed by atoms with E-state index in [1.165, 1.54) is 17.7 Å². The lowest BCUT2D eigenvalue weighted by Crippen LogP contribution is -2.58. The zero-order chi connectivity index (χ0) is 28.8. The van der Waals surface area contributed by atoms with Crippen molar-refractivity contribution in [2.75, 3.05) is 0 Å². The molecule has 0 aromatic heterocycles. The monoisotopic (exact) mass is 556 g/mol. The summed E-state index contributed by atoms with van der Waals surface area (Å²) in [5.74, 6) is -2.87. The van der Waals surface area contributed by atoms with Gasteiger partial charge in [-0.15, -0.1) is 0 Å². The number of fused-ring (bicyclic) bond motifs is 2. The standard InChI is InChI=1S/C32H44O8/c1-6-26-20(4)12-13-31(40-26)17-23-16-22(39-31)11-10-19(3)14-18(2)8-7-9-24-29(34)38-28-27(33)21(5)15-25(30(35)37-23)32(24,28)36/h7-10,15,18,20,22-23,25-28,33,36H,6,11-14,16-17H2,1-5H3/b8-7-,19-10-,24-9?/t18-,20-,22+,23-,25-,26+,27+,28+,31+,32+/m0/s1. The van der Waals surface area contributed by atoms with Crippen molar-refractivity contribution in [2.45, 2.75) is 121 Å². The van der Waals surface area contributed by atoms with E-state index in [0.717, 1.165) is 25.7 Å². The van der Waals surface area contributed by atoms with Gasteiger partial charge in [-0.05, 0) is 63.0 Å². The third kappa shape index (κ3) is 5.36. The smallest absolute Gasteiger partial charge is 0.337 e. The number of ether oxygens (including phenoxy) is 4. The van der Waals surface area contributed by atoms with Crippen molar-refractivity contribution in [1.82, 2.24) is 0 Å². The first-order valence-corrected chi connectivity index (χ1v) is 14.9. The van der Waals surface area contributed by atoms with Gasteiger partial charge in [-0.3, -0.25) is 4.79 Å². The van der Waals surface area contributed by atoms with Crippen LogP contribution < -0.4 is 0 Å². The summed E-state index contributed by atoms with van der Waals surface area (Å²) in [7, 11) is 0. The van der Waals surface area contributed by atoms with Crippen molar-refractivity contribution in [2.24, 2.45) is 17.8 Å². The number of aliphatic hydroxyl groups is 2. The number of carbonyl (C=O) groups excluding carboxylic acids is 2. The van der Waals surface area contributed by atoms with Gasteiger partial charge in [-0.1, -0.05) is 50.6 Å². The van der Waals surface area contributed by atoms with Crippen LogP contribution in [0.1, 0.15) is 79.6 Å². The van der Waals surface area contributed by atoms with Gasteiger partial charge in [0.05, 0.1) is 17.8 Å². The molecule has 1 aliphatic carbocycles. The minimum absolute atomic E-state index is 0.0539. The highest BCUT2D eigenvalue weighted by Gasteiger charge is 2.64. The highest BCUT2D eigenvalue weighted by molar-refractivity contribution is 5.97. The second-order valence-corrected chi connectivity index (χ2v) is 12.6. The molecule has 5 rings (SSSR count). The van der Waals surface area contributed by atoms with Gasteiger partial charge >= 0.3 is 11.9 Å². The summed E-state index contributed by atoms with van der Waals surface area (Å²) in [4.78, 5) is 26.8. The Labute approximate surface area is 237 Å². The van der Waals surface area contributed by atoms with E-state index in [2.05, 4.69) is 33.8 Å². The maximum absolute atomic E-state index is 13.9. The molecule has 0 unspecified atom stereocenters. The van der Waals surface area contributed by atoms with Crippen LogP contribution in [0, 0.1) is 17.8 Å². The van der Waals surface area contributed by atoms with E-state index in [0.29, 0.717) is 30.8 Å². The molecule has 0 radical (unpaired) electrons. The van der Waals surface area contributed by atoms with Crippen LogP contribution in [0.3, 0.4) is 0 Å². The van der Waals surface area contributed by atoms with E-state index in [9.17, 15) is 19.8 Å². The van der Waals surface area contributed by atoms with Gasteiger partial charge < -0.3 is 29.2 Å². The van der Waals surface area contributed by atoms with Gasteiger partial charge in [0.25, 0.3) is 0 Å². The highest BCUT2D eigenvalue weighted by atomic mass is 16.7. The average Bonchev–Trinajstić information content (AvgIpc) is 3.16. The number of hydrogen-bond acceptors (Lipinski definition) is 8. The Balaban J connectivity index is 1.53. The molecule has 0 aromatic carbocycles. The number of hydrogen-bond donors (Lipinski definition) is 2. The molecule has 10 atom stereocenters. The first-order chi connectivity index (χ1) is 19.0. The molecular weight excluding hydrogens is 512 g/mol. The Hall–Kier alpha value is -2.26. The quantitative estimate of drug-likeness (QED) is 0.360. The van der Waals surface area contributed by atoms with Gasteiger partial charge in [0.1, 0.15) is 18.1 Å². The number of aliphatic hydroxyl groups excluding tert-OH is 1. The maximum Gasteiger partial charge on any atom is 0.337 e. The number of carbonyl (C=O) groups is 2. The first-order valence-electron chi connectivity index (χ1n) is 14.9. The van der Waals surface area contributed by atoms with Crippen molar-refractivity contribution in [3.05, 3.63) is 47.1 Å². The van der Waals surface area contributed by atoms with Crippen LogP contribution in [0.4, 0.5) is 0 Å². The zero-order valence-electron chi connectivity index (χ0n) is 24.3. The van der Waals surface area contributed by atoms with Gasteiger partial charge in [-0.25, -0.2) is 4.79 Å². The molecule has 8 nitrogen and oxygen atoms in total. The number of esters is 2. The lowest BCUT2D eigenvalue weighted by molar-refractivity contribution is -0.335. The number of allylic oxidation sites excluding steroid dienone is 4. The van der Waals surface area contributed by atoms with Crippen molar-refractivity contribution < 1.29 is 38.7 Å². The molecule has 0 amide bonds. The molecule has 2 bridgehead atoms. The van der Waals surface area contributed by atoms with Gasteiger partial charge in [0.2, 0.25) is 0 Å². The summed E-state index contributed by atoms with van der Waals surface area (Å²) in [6.45, 7) is 10.1. The third-order valence-electron chi connectivity index (χ3n) is 9.42. The molecule has 0 saturated carbocycles. The van der Waals surface area contributed by atoms with E-state index < -0.39 is 47.6 Å². The molecule has 3 fully saturated rings. The third-order valence-corrected chi connectivity index (χ3v) is 9.42. The lowest BCUT2D eigenvalue weighted by atomic mass is 9.70. The molecule has 5 aliphatic rings. The fraction of sp³-hybridized carbons (Fsp3) is 0.688. The molecule has 2 N–H and O–H groups in total. The topological polar surface area (TPSA) is 112 Å². The number of rotatable bonds is 1. The summed E-state index contributed by atoms with van der Waals surface area (Å²) in [5, 5.41) is 22.8. The van der Waals surface area contributed by atoms with E-state index in [-0.39, 0.29) is 23.7 Å². The summed E-state index contributed by atoms with van der Waals surface area (Å²) in [5.41, 5.74) is -0.448. The van der Waals surface area contributed by atoms with E-state index in [1.54, 1.807) is 13.0 Å². The lowest BCUT2D eigenvalue weighted by Gasteiger charge is -2.49. The summed E-state index contributed by atoms with van der Waals surface area (Å²) < 4.78 is 24.9. The second kappa shape index (κ2) is 11.2. The molecule has 0 aromatic rings. The predicted molar refractivity (Wildman–Crippen MR) is 148 cm³/mol. The van der Waals surface area contributed by atoms with E-state index in [1.807, 2.05) is 6.08 Å². The van der Waals surface area contributed by atoms with Crippen LogP contribution >= 0.6 is 0 Å². The molecule has 40 heavy (non-hydrogen) atoms. The van der Waals surface area contributed by atoms with Gasteiger partial charge in [0, 0.05) is 19.3 Å². The molecular formula is C32H44O8. The fourth-order valence-corrected chi connectivity index (χ4v) is 7.15. The Morgan fingerprint density at radius 3 is 2.62 bits per heavy atom. The van der Waals surface area contributed by atoms with Crippen molar-refractivity contribution in [1.29, 1.82) is 0 Å². The van der Waals surface area contributed by atoms with Crippen molar-refractivity contribution in [3.63, 3.8) is 0 Å². The molecule has 8 heteroatoms. The zero-order valence-corrected chi connectivity index (χ0v) is 24.3. The predicted octanol–water partition coefficient (Wildman–Crippen LogP) is 4.45. The van der Waals surface area contributed by atoms with Crippen LogP contribution in [0.2, 0.25) is 0 Å². The largest absolute Gasteiger partial charge is 0.462 e. The van der Waals surface area contributed by atoms with E-state index in [4.69, 9.17) is 18.9 Å².